The number of fused-ring (bicyclic) bond motifs is 9. The standard InChI is InChI=1S/C40H25NO/c1-2-9-31(10-3-1)41(32-19-18-28-25-39-37(24-30(28)23-32)36-12-6-7-13-38(36)42-39)33-20-21-35-29(22-33)17-16-27-15-14-26-8-4-5-11-34(26)40(27)35/h1-25H. The van der Waals surface area contributed by atoms with E-state index in [-0.39, 0.29) is 0 Å². The molecule has 0 N–H and O–H groups in total. The van der Waals surface area contributed by atoms with Gasteiger partial charge in [0, 0.05) is 27.8 Å². The highest BCUT2D eigenvalue weighted by molar-refractivity contribution is 6.20. The van der Waals surface area contributed by atoms with Crippen molar-refractivity contribution in [3.63, 3.8) is 0 Å². The van der Waals surface area contributed by atoms with E-state index in [9.17, 15) is 0 Å². The van der Waals surface area contributed by atoms with Crippen molar-refractivity contribution in [2.45, 2.75) is 0 Å². The minimum Gasteiger partial charge on any atom is -0.456 e. The number of hydrogen-bond acceptors (Lipinski definition) is 2. The number of anilines is 3. The van der Waals surface area contributed by atoms with Crippen LogP contribution in [0.1, 0.15) is 0 Å². The van der Waals surface area contributed by atoms with Crippen molar-refractivity contribution in [3.05, 3.63) is 152 Å². The van der Waals surface area contributed by atoms with Crippen LogP contribution in [0.3, 0.4) is 0 Å². The summed E-state index contributed by atoms with van der Waals surface area (Å²) in [7, 11) is 0. The van der Waals surface area contributed by atoms with Gasteiger partial charge < -0.3 is 9.32 Å². The number of hydrogen-bond donors (Lipinski definition) is 0. The Morgan fingerprint density at radius 3 is 1.86 bits per heavy atom. The minimum atomic E-state index is 0.922. The molecule has 0 atom stereocenters. The van der Waals surface area contributed by atoms with Gasteiger partial charge >= 0.3 is 0 Å². The molecule has 196 valence electrons. The van der Waals surface area contributed by atoms with E-state index in [1.807, 2.05) is 12.1 Å². The number of benzene rings is 8. The van der Waals surface area contributed by atoms with Crippen LogP contribution >= 0.6 is 0 Å². The summed E-state index contributed by atoms with van der Waals surface area (Å²) in [5.74, 6) is 0. The molecular weight excluding hydrogens is 510 g/mol. The Morgan fingerprint density at radius 2 is 0.976 bits per heavy atom. The highest BCUT2D eigenvalue weighted by atomic mass is 16.3. The van der Waals surface area contributed by atoms with Gasteiger partial charge in [-0.15, -0.1) is 0 Å². The monoisotopic (exact) mass is 535 g/mol. The first-order chi connectivity index (χ1) is 20.8. The molecule has 0 spiro atoms. The molecule has 8 aromatic carbocycles. The normalized spacial score (nSPS) is 11.8. The first-order valence-corrected chi connectivity index (χ1v) is 14.3. The number of furan rings is 1. The van der Waals surface area contributed by atoms with Crippen molar-refractivity contribution in [2.75, 3.05) is 4.90 Å². The van der Waals surface area contributed by atoms with Crippen LogP contribution in [0.4, 0.5) is 17.1 Å². The molecule has 1 aromatic heterocycles. The van der Waals surface area contributed by atoms with E-state index in [2.05, 4.69) is 144 Å². The molecule has 0 amide bonds. The summed E-state index contributed by atoms with van der Waals surface area (Å²) in [4.78, 5) is 2.35. The van der Waals surface area contributed by atoms with E-state index in [0.717, 1.165) is 44.4 Å². The summed E-state index contributed by atoms with van der Waals surface area (Å²) in [5, 5.41) is 12.3. The van der Waals surface area contributed by atoms with Gasteiger partial charge in [-0.05, 0) is 97.7 Å². The van der Waals surface area contributed by atoms with Crippen LogP contribution in [-0.2, 0) is 0 Å². The molecule has 1 heterocycles. The molecule has 0 saturated heterocycles. The van der Waals surface area contributed by atoms with Crippen LogP contribution in [0, 0.1) is 0 Å². The Balaban J connectivity index is 1.26. The SMILES string of the molecule is c1ccc(N(c2ccc3cc4oc5ccccc5c4cc3c2)c2ccc3c(ccc4ccc5ccccc5c43)c2)cc1. The van der Waals surface area contributed by atoms with Crippen molar-refractivity contribution >= 4 is 82.1 Å². The second-order valence-electron chi connectivity index (χ2n) is 11.0. The maximum atomic E-state index is 6.16. The highest BCUT2D eigenvalue weighted by Crippen LogP contribution is 2.40. The third-order valence-electron chi connectivity index (χ3n) is 8.56. The first-order valence-electron chi connectivity index (χ1n) is 14.3. The molecule has 42 heavy (non-hydrogen) atoms. The zero-order valence-electron chi connectivity index (χ0n) is 22.8. The van der Waals surface area contributed by atoms with Gasteiger partial charge in [0.2, 0.25) is 0 Å². The van der Waals surface area contributed by atoms with E-state index >= 15 is 0 Å². The number of nitrogens with zero attached hydrogens (tertiary/aromatic N) is 1. The molecule has 0 saturated carbocycles. The predicted molar refractivity (Wildman–Crippen MR) is 178 cm³/mol. The molecule has 9 rings (SSSR count). The lowest BCUT2D eigenvalue weighted by Gasteiger charge is -2.26. The average Bonchev–Trinajstić information content (AvgIpc) is 3.41. The molecule has 0 bridgehead atoms. The fraction of sp³-hybridized carbons (Fsp3) is 0. The van der Waals surface area contributed by atoms with Gasteiger partial charge in [0.25, 0.3) is 0 Å². The van der Waals surface area contributed by atoms with Crippen LogP contribution in [0.5, 0.6) is 0 Å². The summed E-state index contributed by atoms with van der Waals surface area (Å²) in [6.07, 6.45) is 0. The summed E-state index contributed by atoms with van der Waals surface area (Å²) >= 11 is 0. The lowest BCUT2D eigenvalue weighted by molar-refractivity contribution is 0.669. The molecule has 0 radical (unpaired) electrons. The van der Waals surface area contributed by atoms with Crippen molar-refractivity contribution in [1.29, 1.82) is 0 Å². The average molecular weight is 536 g/mol. The van der Waals surface area contributed by atoms with Crippen molar-refractivity contribution in [1.82, 2.24) is 0 Å². The molecule has 0 unspecified atom stereocenters. The fourth-order valence-electron chi connectivity index (χ4n) is 6.58. The van der Waals surface area contributed by atoms with Crippen LogP contribution in [0.2, 0.25) is 0 Å². The van der Waals surface area contributed by atoms with Gasteiger partial charge in [-0.2, -0.15) is 0 Å². The number of rotatable bonds is 3. The lowest BCUT2D eigenvalue weighted by atomic mass is 9.96. The summed E-state index contributed by atoms with van der Waals surface area (Å²) in [5.41, 5.74) is 5.21. The van der Waals surface area contributed by atoms with Crippen molar-refractivity contribution < 1.29 is 4.42 Å². The largest absolute Gasteiger partial charge is 0.456 e. The van der Waals surface area contributed by atoms with E-state index in [1.165, 1.54) is 37.7 Å². The fourth-order valence-corrected chi connectivity index (χ4v) is 6.58. The van der Waals surface area contributed by atoms with Crippen LogP contribution in [0.15, 0.2) is 156 Å². The van der Waals surface area contributed by atoms with Gasteiger partial charge in [-0.25, -0.2) is 0 Å². The third-order valence-corrected chi connectivity index (χ3v) is 8.56. The first kappa shape index (κ1) is 23.1. The molecular formula is C40H25NO. The Bertz CT molecular complexity index is 2470. The highest BCUT2D eigenvalue weighted by Gasteiger charge is 2.16. The van der Waals surface area contributed by atoms with Crippen molar-refractivity contribution in [2.24, 2.45) is 0 Å². The third kappa shape index (κ3) is 3.52. The van der Waals surface area contributed by atoms with Crippen LogP contribution in [0.25, 0.3) is 65.0 Å². The Hall–Kier alpha value is -5.60. The summed E-state index contributed by atoms with van der Waals surface area (Å²) in [6, 6.07) is 54.5. The van der Waals surface area contributed by atoms with E-state index < -0.39 is 0 Å². The second kappa shape index (κ2) is 8.95. The summed E-state index contributed by atoms with van der Waals surface area (Å²) in [6.45, 7) is 0. The molecule has 0 fully saturated rings. The molecule has 0 aliphatic rings. The zero-order chi connectivity index (χ0) is 27.6. The Kier molecular flexibility index (Phi) is 4.93. The smallest absolute Gasteiger partial charge is 0.136 e. The zero-order valence-corrected chi connectivity index (χ0v) is 22.8. The summed E-state index contributed by atoms with van der Waals surface area (Å²) < 4.78 is 6.16. The quantitative estimate of drug-likeness (QED) is 0.209. The molecule has 2 nitrogen and oxygen atoms in total. The lowest BCUT2D eigenvalue weighted by Crippen LogP contribution is -2.09. The molecule has 9 aromatic rings. The maximum absolute atomic E-state index is 6.16. The maximum Gasteiger partial charge on any atom is 0.136 e. The van der Waals surface area contributed by atoms with Crippen molar-refractivity contribution in [3.8, 4) is 0 Å². The van der Waals surface area contributed by atoms with Gasteiger partial charge in [-0.1, -0.05) is 97.1 Å². The van der Waals surface area contributed by atoms with Gasteiger partial charge in [0.15, 0.2) is 0 Å². The molecule has 0 aliphatic carbocycles. The van der Waals surface area contributed by atoms with E-state index in [0.29, 0.717) is 0 Å². The van der Waals surface area contributed by atoms with Crippen LogP contribution in [-0.4, -0.2) is 0 Å². The number of para-hydroxylation sites is 2. The topological polar surface area (TPSA) is 16.4 Å². The van der Waals surface area contributed by atoms with E-state index in [1.54, 1.807) is 0 Å². The predicted octanol–water partition coefficient (Wildman–Crippen LogP) is 11.7. The van der Waals surface area contributed by atoms with Gasteiger partial charge in [0.1, 0.15) is 11.2 Å². The van der Waals surface area contributed by atoms with E-state index in [4.69, 9.17) is 4.42 Å². The molecule has 0 aliphatic heterocycles. The van der Waals surface area contributed by atoms with Crippen LogP contribution < -0.4 is 4.90 Å². The second-order valence-corrected chi connectivity index (χ2v) is 11.0. The Morgan fingerprint density at radius 1 is 0.333 bits per heavy atom. The molecule has 2 heteroatoms. The van der Waals surface area contributed by atoms with Gasteiger partial charge in [-0.3, -0.25) is 0 Å². The van der Waals surface area contributed by atoms with Gasteiger partial charge in [0.05, 0.1) is 0 Å². The Labute approximate surface area is 242 Å². The minimum absolute atomic E-state index is 0.922.